The summed E-state index contributed by atoms with van der Waals surface area (Å²) < 4.78 is 5.84. The molecule has 2 unspecified atom stereocenters. The van der Waals surface area contributed by atoms with Crippen LogP contribution in [0.3, 0.4) is 0 Å². The number of nitrogens with one attached hydrogen (secondary N) is 1. The van der Waals surface area contributed by atoms with Crippen LogP contribution in [0.15, 0.2) is 18.2 Å². The smallest absolute Gasteiger partial charge is 0.234 e. The maximum Gasteiger partial charge on any atom is 0.234 e. The molecule has 0 aromatic heterocycles. The molecule has 1 fully saturated rings. The zero-order chi connectivity index (χ0) is 14.5. The zero-order valence-electron chi connectivity index (χ0n) is 12.3. The van der Waals surface area contributed by atoms with Crippen molar-refractivity contribution in [3.8, 4) is 0 Å². The maximum atomic E-state index is 12.0. The number of fused-ring (bicyclic) bond motifs is 1. The van der Waals surface area contributed by atoms with Gasteiger partial charge in [0.25, 0.3) is 0 Å². The third-order valence-electron chi connectivity index (χ3n) is 4.80. The van der Waals surface area contributed by atoms with Crippen molar-refractivity contribution in [3.63, 3.8) is 0 Å². The van der Waals surface area contributed by atoms with Gasteiger partial charge in [-0.2, -0.15) is 0 Å². The van der Waals surface area contributed by atoms with Crippen molar-refractivity contribution in [3.05, 3.63) is 29.3 Å². The number of hydrogen-bond donors (Lipinski definition) is 2. The van der Waals surface area contributed by atoms with E-state index in [9.17, 15) is 4.79 Å². The van der Waals surface area contributed by atoms with Gasteiger partial charge in [0.15, 0.2) is 0 Å². The van der Waals surface area contributed by atoms with Gasteiger partial charge in [0.05, 0.1) is 17.1 Å². The zero-order valence-corrected chi connectivity index (χ0v) is 12.3. The van der Waals surface area contributed by atoms with E-state index in [0.717, 1.165) is 36.3 Å². The van der Waals surface area contributed by atoms with E-state index in [1.165, 1.54) is 0 Å². The summed E-state index contributed by atoms with van der Waals surface area (Å²) in [5, 5.41) is 2.92. The standard InChI is InChI=1S/C16H22N2O2/c1-15(2)11-9-10(5-6-12(11)18-14(15)19)13(17)16(3)7-4-8-20-16/h5-6,9,13H,4,7-8,17H2,1-3H3,(H,18,19). The second-order valence-corrected chi connectivity index (χ2v) is 6.63. The van der Waals surface area contributed by atoms with Crippen LogP contribution in [0.4, 0.5) is 5.69 Å². The largest absolute Gasteiger partial charge is 0.373 e. The van der Waals surface area contributed by atoms with Gasteiger partial charge in [-0.05, 0) is 50.8 Å². The van der Waals surface area contributed by atoms with Gasteiger partial charge in [0.1, 0.15) is 0 Å². The van der Waals surface area contributed by atoms with Gasteiger partial charge < -0.3 is 15.8 Å². The van der Waals surface area contributed by atoms with Crippen LogP contribution in [0.5, 0.6) is 0 Å². The van der Waals surface area contributed by atoms with E-state index in [2.05, 4.69) is 18.3 Å². The van der Waals surface area contributed by atoms with E-state index in [4.69, 9.17) is 10.5 Å². The van der Waals surface area contributed by atoms with Gasteiger partial charge in [0.2, 0.25) is 5.91 Å². The molecule has 2 aliphatic heterocycles. The van der Waals surface area contributed by atoms with Crippen molar-refractivity contribution in [2.24, 2.45) is 5.73 Å². The quantitative estimate of drug-likeness (QED) is 0.871. The molecule has 1 saturated heterocycles. The van der Waals surface area contributed by atoms with Crippen LogP contribution in [-0.4, -0.2) is 18.1 Å². The average molecular weight is 274 g/mol. The van der Waals surface area contributed by atoms with Gasteiger partial charge in [-0.1, -0.05) is 12.1 Å². The van der Waals surface area contributed by atoms with E-state index < -0.39 is 5.41 Å². The van der Waals surface area contributed by atoms with Gasteiger partial charge in [-0.25, -0.2) is 0 Å². The highest BCUT2D eigenvalue weighted by Gasteiger charge is 2.41. The monoisotopic (exact) mass is 274 g/mol. The van der Waals surface area contributed by atoms with Crippen molar-refractivity contribution < 1.29 is 9.53 Å². The first-order valence-electron chi connectivity index (χ1n) is 7.20. The first-order valence-corrected chi connectivity index (χ1v) is 7.20. The highest BCUT2D eigenvalue weighted by Crippen LogP contribution is 2.41. The van der Waals surface area contributed by atoms with Crippen molar-refractivity contribution in [2.45, 2.75) is 50.7 Å². The molecule has 3 N–H and O–H groups in total. The number of hydrogen-bond acceptors (Lipinski definition) is 3. The van der Waals surface area contributed by atoms with E-state index in [1.54, 1.807) is 0 Å². The van der Waals surface area contributed by atoms with Crippen LogP contribution in [-0.2, 0) is 14.9 Å². The van der Waals surface area contributed by atoms with Crippen LogP contribution in [0.2, 0.25) is 0 Å². The second kappa shape index (κ2) is 4.30. The normalized spacial score (nSPS) is 29.1. The molecule has 3 rings (SSSR count). The lowest BCUT2D eigenvalue weighted by molar-refractivity contribution is -0.119. The Morgan fingerprint density at radius 3 is 2.75 bits per heavy atom. The minimum atomic E-state index is -0.498. The third kappa shape index (κ3) is 1.86. The SMILES string of the molecule is CC1(C)C(=O)Nc2ccc(C(N)C3(C)CCCO3)cc21. The molecule has 0 spiro atoms. The molecule has 0 saturated carbocycles. The van der Waals surface area contributed by atoms with Crippen LogP contribution < -0.4 is 11.1 Å². The van der Waals surface area contributed by atoms with Gasteiger partial charge >= 0.3 is 0 Å². The summed E-state index contributed by atoms with van der Waals surface area (Å²) in [6.45, 7) is 6.74. The Kier molecular flexibility index (Phi) is 2.92. The van der Waals surface area contributed by atoms with Crippen molar-refractivity contribution in [1.82, 2.24) is 0 Å². The number of anilines is 1. The average Bonchev–Trinajstić information content (AvgIpc) is 2.94. The summed E-state index contributed by atoms with van der Waals surface area (Å²) in [7, 11) is 0. The number of benzene rings is 1. The predicted molar refractivity (Wildman–Crippen MR) is 78.6 cm³/mol. The molecule has 1 amide bonds. The Bertz CT molecular complexity index is 560. The van der Waals surface area contributed by atoms with Crippen LogP contribution in [0, 0.1) is 0 Å². The number of rotatable bonds is 2. The molecule has 0 aliphatic carbocycles. The number of nitrogens with two attached hydrogens (primary N) is 1. The van der Waals surface area contributed by atoms with E-state index in [0.29, 0.717) is 0 Å². The van der Waals surface area contributed by atoms with Crippen molar-refractivity contribution in [2.75, 3.05) is 11.9 Å². The Morgan fingerprint density at radius 2 is 2.10 bits per heavy atom. The fraction of sp³-hybridized carbons (Fsp3) is 0.562. The molecule has 2 heterocycles. The highest BCUT2D eigenvalue weighted by atomic mass is 16.5. The Labute approximate surface area is 119 Å². The molecule has 2 atom stereocenters. The Balaban J connectivity index is 1.98. The summed E-state index contributed by atoms with van der Waals surface area (Å²) in [5.74, 6) is 0.0431. The predicted octanol–water partition coefficient (Wildman–Crippen LogP) is 2.49. The minimum absolute atomic E-state index is 0.0431. The lowest BCUT2D eigenvalue weighted by Gasteiger charge is -2.31. The molecule has 2 aliphatic rings. The first kappa shape index (κ1) is 13.6. The summed E-state index contributed by atoms with van der Waals surface area (Å²) in [6.07, 6.45) is 2.03. The molecule has 0 bridgehead atoms. The summed E-state index contributed by atoms with van der Waals surface area (Å²) in [5.41, 5.74) is 8.59. The summed E-state index contributed by atoms with van der Waals surface area (Å²) in [6, 6.07) is 5.85. The summed E-state index contributed by atoms with van der Waals surface area (Å²) >= 11 is 0. The molecule has 1 aromatic rings. The molecular formula is C16H22N2O2. The number of carbonyl (C=O) groups is 1. The van der Waals surface area contributed by atoms with Crippen LogP contribution >= 0.6 is 0 Å². The third-order valence-corrected chi connectivity index (χ3v) is 4.80. The molecule has 0 radical (unpaired) electrons. The molecule has 4 heteroatoms. The fourth-order valence-corrected chi connectivity index (χ4v) is 3.18. The van der Waals surface area contributed by atoms with Gasteiger partial charge in [-0.3, -0.25) is 4.79 Å². The molecule has 4 nitrogen and oxygen atoms in total. The first-order chi connectivity index (χ1) is 9.34. The lowest BCUT2D eigenvalue weighted by Crippen LogP contribution is -2.37. The Morgan fingerprint density at radius 1 is 1.35 bits per heavy atom. The van der Waals surface area contributed by atoms with Gasteiger partial charge in [0, 0.05) is 12.3 Å². The number of carbonyl (C=O) groups excluding carboxylic acids is 1. The molecule has 108 valence electrons. The molecule has 20 heavy (non-hydrogen) atoms. The van der Waals surface area contributed by atoms with E-state index >= 15 is 0 Å². The van der Waals surface area contributed by atoms with Crippen LogP contribution in [0.25, 0.3) is 0 Å². The lowest BCUT2D eigenvalue weighted by atomic mass is 9.82. The van der Waals surface area contributed by atoms with Crippen molar-refractivity contribution in [1.29, 1.82) is 0 Å². The van der Waals surface area contributed by atoms with E-state index in [-0.39, 0.29) is 17.6 Å². The fourth-order valence-electron chi connectivity index (χ4n) is 3.18. The molecular weight excluding hydrogens is 252 g/mol. The summed E-state index contributed by atoms with van der Waals surface area (Å²) in [4.78, 5) is 12.0. The Hall–Kier alpha value is -1.39. The van der Waals surface area contributed by atoms with Crippen LogP contribution in [0.1, 0.15) is 50.8 Å². The second-order valence-electron chi connectivity index (χ2n) is 6.63. The maximum absolute atomic E-state index is 12.0. The van der Waals surface area contributed by atoms with E-state index in [1.807, 2.05) is 26.0 Å². The molecule has 1 aromatic carbocycles. The van der Waals surface area contributed by atoms with Gasteiger partial charge in [-0.15, -0.1) is 0 Å². The number of ether oxygens (including phenoxy) is 1. The highest BCUT2D eigenvalue weighted by molar-refractivity contribution is 6.05. The topological polar surface area (TPSA) is 64.4 Å². The minimum Gasteiger partial charge on any atom is -0.373 e. The number of amides is 1. The van der Waals surface area contributed by atoms with Crippen molar-refractivity contribution >= 4 is 11.6 Å².